The summed E-state index contributed by atoms with van der Waals surface area (Å²) >= 11 is 0. The highest BCUT2D eigenvalue weighted by molar-refractivity contribution is 5.85. The number of rotatable bonds is 4. The molecule has 5 nitrogen and oxygen atoms in total. The topological polar surface area (TPSA) is 66.6 Å². The molecule has 0 saturated carbocycles. The lowest BCUT2D eigenvalue weighted by atomic mass is 10.1. The molecule has 0 aliphatic carbocycles. The van der Waals surface area contributed by atoms with Crippen LogP contribution in [0.2, 0.25) is 0 Å². The maximum Gasteiger partial charge on any atom is 0.307 e. The molecule has 1 aliphatic heterocycles. The van der Waals surface area contributed by atoms with E-state index in [0.717, 1.165) is 23.6 Å². The first-order valence-electron chi connectivity index (χ1n) is 7.09. The molecular weight excluding hydrogens is 304 g/mol. The van der Waals surface area contributed by atoms with Crippen molar-refractivity contribution in [1.82, 2.24) is 10.1 Å². The summed E-state index contributed by atoms with van der Waals surface area (Å²) in [7, 11) is 0. The third-order valence-corrected chi connectivity index (χ3v) is 3.91. The van der Waals surface area contributed by atoms with Crippen LogP contribution in [-0.4, -0.2) is 34.2 Å². The van der Waals surface area contributed by atoms with E-state index in [1.54, 1.807) is 0 Å². The Morgan fingerprint density at radius 3 is 2.77 bits per heavy atom. The first-order chi connectivity index (χ1) is 10.1. The lowest BCUT2D eigenvalue weighted by Gasteiger charge is -2.11. The van der Waals surface area contributed by atoms with Crippen LogP contribution in [0.25, 0.3) is 11.3 Å². The molecule has 1 saturated heterocycles. The summed E-state index contributed by atoms with van der Waals surface area (Å²) in [6.45, 7) is 4.03. The van der Waals surface area contributed by atoms with E-state index in [2.05, 4.69) is 10.1 Å². The molecule has 22 heavy (non-hydrogen) atoms. The second-order valence-electron chi connectivity index (χ2n) is 5.60. The Hall–Kier alpha value is -1.85. The smallest absolute Gasteiger partial charge is 0.307 e. The van der Waals surface area contributed by atoms with Crippen molar-refractivity contribution in [3.05, 3.63) is 41.7 Å². The fourth-order valence-electron chi connectivity index (χ4n) is 2.65. The van der Waals surface area contributed by atoms with Crippen LogP contribution in [-0.2, 0) is 11.3 Å². The molecule has 1 aromatic carbocycles. The van der Waals surface area contributed by atoms with Gasteiger partial charge in [0.2, 0.25) is 0 Å². The van der Waals surface area contributed by atoms with Gasteiger partial charge in [-0.15, -0.1) is 12.4 Å². The van der Waals surface area contributed by atoms with Crippen LogP contribution in [0.1, 0.15) is 17.7 Å². The van der Waals surface area contributed by atoms with Crippen LogP contribution < -0.4 is 0 Å². The van der Waals surface area contributed by atoms with E-state index in [4.69, 9.17) is 9.63 Å². The van der Waals surface area contributed by atoms with Crippen molar-refractivity contribution in [1.29, 1.82) is 0 Å². The molecule has 0 spiro atoms. The van der Waals surface area contributed by atoms with Crippen molar-refractivity contribution in [3.63, 3.8) is 0 Å². The van der Waals surface area contributed by atoms with Gasteiger partial charge in [-0.1, -0.05) is 35.0 Å². The van der Waals surface area contributed by atoms with Crippen molar-refractivity contribution in [2.45, 2.75) is 19.9 Å². The number of aryl methyl sites for hydroxylation is 1. The number of nitrogens with zero attached hydrogens (tertiary/aromatic N) is 2. The zero-order valence-electron chi connectivity index (χ0n) is 12.4. The minimum absolute atomic E-state index is 0. The normalized spacial score (nSPS) is 18.1. The zero-order chi connectivity index (χ0) is 14.8. The summed E-state index contributed by atoms with van der Waals surface area (Å²) in [4.78, 5) is 13.0. The van der Waals surface area contributed by atoms with E-state index in [0.29, 0.717) is 19.5 Å². The maximum absolute atomic E-state index is 11.0. The molecule has 1 aromatic heterocycles. The predicted molar refractivity (Wildman–Crippen MR) is 84.9 cm³/mol. The monoisotopic (exact) mass is 322 g/mol. The Morgan fingerprint density at radius 1 is 1.41 bits per heavy atom. The summed E-state index contributed by atoms with van der Waals surface area (Å²) in [5, 5.41) is 13.1. The van der Waals surface area contributed by atoms with E-state index in [-0.39, 0.29) is 18.3 Å². The summed E-state index contributed by atoms with van der Waals surface area (Å²) < 4.78 is 5.37. The molecule has 2 heterocycles. The van der Waals surface area contributed by atoms with Gasteiger partial charge in [0.15, 0.2) is 5.76 Å². The van der Waals surface area contributed by atoms with Gasteiger partial charge in [0.1, 0.15) is 5.69 Å². The molecule has 1 unspecified atom stereocenters. The molecule has 1 atom stereocenters. The molecule has 0 radical (unpaired) electrons. The second-order valence-corrected chi connectivity index (χ2v) is 5.60. The van der Waals surface area contributed by atoms with Crippen molar-refractivity contribution in [2.75, 3.05) is 13.1 Å². The number of benzene rings is 1. The van der Waals surface area contributed by atoms with Gasteiger partial charge in [-0.05, 0) is 19.9 Å². The molecule has 6 heteroatoms. The van der Waals surface area contributed by atoms with Crippen LogP contribution in [0.3, 0.4) is 0 Å². The van der Waals surface area contributed by atoms with E-state index >= 15 is 0 Å². The standard InChI is InChI=1S/C16H18N2O3.ClH/c1-11-2-4-12(5-3-11)15-8-14(21-17-15)10-18-7-6-13(9-18)16(19)20;/h2-5,8,13H,6-7,9-10H2,1H3,(H,19,20);1H. The Labute approximate surface area is 135 Å². The number of carbonyl (C=O) groups is 1. The van der Waals surface area contributed by atoms with Gasteiger partial charge in [0, 0.05) is 18.2 Å². The molecule has 1 fully saturated rings. The number of carboxylic acids is 1. The summed E-state index contributed by atoms with van der Waals surface area (Å²) in [5.74, 6) is -0.198. The Bertz CT molecular complexity index is 639. The van der Waals surface area contributed by atoms with Crippen LogP contribution in [0.15, 0.2) is 34.9 Å². The average Bonchev–Trinajstić information content (AvgIpc) is 3.10. The largest absolute Gasteiger partial charge is 0.481 e. The van der Waals surface area contributed by atoms with Gasteiger partial charge < -0.3 is 9.63 Å². The number of likely N-dealkylation sites (tertiary alicyclic amines) is 1. The van der Waals surface area contributed by atoms with Crippen LogP contribution >= 0.6 is 12.4 Å². The van der Waals surface area contributed by atoms with Crippen molar-refractivity contribution in [2.24, 2.45) is 5.92 Å². The summed E-state index contributed by atoms with van der Waals surface area (Å²) in [6.07, 6.45) is 0.703. The third kappa shape index (κ3) is 3.67. The highest BCUT2D eigenvalue weighted by atomic mass is 35.5. The fraction of sp³-hybridized carbons (Fsp3) is 0.375. The maximum atomic E-state index is 11.0. The van der Waals surface area contributed by atoms with Crippen molar-refractivity contribution in [3.8, 4) is 11.3 Å². The minimum atomic E-state index is -0.713. The van der Waals surface area contributed by atoms with Gasteiger partial charge in [-0.3, -0.25) is 9.69 Å². The van der Waals surface area contributed by atoms with E-state index < -0.39 is 5.97 Å². The molecule has 3 rings (SSSR count). The fourth-order valence-corrected chi connectivity index (χ4v) is 2.65. The first kappa shape index (κ1) is 16.5. The number of hydrogen-bond acceptors (Lipinski definition) is 4. The van der Waals surface area contributed by atoms with Crippen LogP contribution in [0.4, 0.5) is 0 Å². The third-order valence-electron chi connectivity index (χ3n) is 3.91. The quantitative estimate of drug-likeness (QED) is 0.937. The van der Waals surface area contributed by atoms with E-state index in [1.165, 1.54) is 5.56 Å². The first-order valence-corrected chi connectivity index (χ1v) is 7.09. The number of aliphatic carboxylic acids is 1. The van der Waals surface area contributed by atoms with Crippen molar-refractivity contribution >= 4 is 18.4 Å². The molecule has 1 aliphatic rings. The SMILES string of the molecule is Cc1ccc(-c2cc(CN3CCC(C(=O)O)C3)on2)cc1.Cl. The molecule has 1 N–H and O–H groups in total. The van der Waals surface area contributed by atoms with Gasteiger partial charge in [0.05, 0.1) is 12.5 Å². The van der Waals surface area contributed by atoms with E-state index in [1.807, 2.05) is 37.3 Å². The molecular formula is C16H19ClN2O3. The Kier molecular flexibility index (Phi) is 5.21. The van der Waals surface area contributed by atoms with E-state index in [9.17, 15) is 4.79 Å². The Morgan fingerprint density at radius 2 is 2.14 bits per heavy atom. The number of aromatic nitrogens is 1. The molecule has 0 bridgehead atoms. The molecule has 0 amide bonds. The number of halogens is 1. The minimum Gasteiger partial charge on any atom is -0.481 e. The molecule has 118 valence electrons. The average molecular weight is 323 g/mol. The van der Waals surface area contributed by atoms with Gasteiger partial charge in [-0.2, -0.15) is 0 Å². The van der Waals surface area contributed by atoms with Gasteiger partial charge in [-0.25, -0.2) is 0 Å². The van der Waals surface area contributed by atoms with Gasteiger partial charge in [0.25, 0.3) is 0 Å². The Balaban J connectivity index is 0.00000176. The molecule has 2 aromatic rings. The predicted octanol–water partition coefficient (Wildman–Crippen LogP) is 2.98. The van der Waals surface area contributed by atoms with Crippen molar-refractivity contribution < 1.29 is 14.4 Å². The second kappa shape index (κ2) is 6.94. The number of carboxylic acid groups (broad SMARTS) is 1. The van der Waals surface area contributed by atoms with Crippen LogP contribution in [0, 0.1) is 12.8 Å². The van der Waals surface area contributed by atoms with Gasteiger partial charge >= 0.3 is 5.97 Å². The van der Waals surface area contributed by atoms with Crippen LogP contribution in [0.5, 0.6) is 0 Å². The highest BCUT2D eigenvalue weighted by Crippen LogP contribution is 2.23. The lowest BCUT2D eigenvalue weighted by Crippen LogP contribution is -2.22. The zero-order valence-corrected chi connectivity index (χ0v) is 13.2. The lowest BCUT2D eigenvalue weighted by molar-refractivity contribution is -0.141. The summed E-state index contributed by atoms with van der Waals surface area (Å²) in [6, 6.07) is 10.1. The summed E-state index contributed by atoms with van der Waals surface area (Å²) in [5.41, 5.74) is 3.05. The number of hydrogen-bond donors (Lipinski definition) is 1. The highest BCUT2D eigenvalue weighted by Gasteiger charge is 2.28.